The van der Waals surface area contributed by atoms with Gasteiger partial charge in [0.2, 0.25) is 5.82 Å². The Hall–Kier alpha value is -2.09. The van der Waals surface area contributed by atoms with Gasteiger partial charge in [0.1, 0.15) is 0 Å². The summed E-state index contributed by atoms with van der Waals surface area (Å²) in [6.45, 7) is 0. The number of H-pyrrole nitrogens is 2. The van der Waals surface area contributed by atoms with Crippen molar-refractivity contribution >= 4 is 18.6 Å². The Labute approximate surface area is 106 Å². The van der Waals surface area contributed by atoms with Crippen molar-refractivity contribution in [3.63, 3.8) is 0 Å². The van der Waals surface area contributed by atoms with Crippen LogP contribution in [0.1, 0.15) is 5.56 Å². The van der Waals surface area contributed by atoms with Gasteiger partial charge < -0.3 is 9.88 Å². The van der Waals surface area contributed by atoms with Crippen molar-refractivity contribution in [2.45, 2.75) is 6.16 Å². The first-order valence-electron chi connectivity index (χ1n) is 5.35. The third kappa shape index (κ3) is 2.39. The molecule has 19 heavy (non-hydrogen) atoms. The molecule has 1 atom stereocenters. The molecule has 0 fully saturated rings. The third-order valence-electron chi connectivity index (χ3n) is 2.55. The molecule has 0 bridgehead atoms. The molecular formula is C9H10N7O2P. The number of hydrogen-bond donors (Lipinski definition) is 4. The lowest BCUT2D eigenvalue weighted by molar-refractivity contribution is 0.478. The molecule has 2 heterocycles. The normalized spacial score (nSPS) is 14.6. The van der Waals surface area contributed by atoms with Gasteiger partial charge in [-0.3, -0.25) is 10.1 Å². The Morgan fingerprint density at radius 1 is 1.42 bits per heavy atom. The zero-order valence-corrected chi connectivity index (χ0v) is 10.5. The molecule has 0 amide bonds. The summed E-state index contributed by atoms with van der Waals surface area (Å²) in [5.74, 6) is 0.753. The van der Waals surface area contributed by atoms with E-state index in [-0.39, 0.29) is 6.16 Å². The third-order valence-corrected chi connectivity index (χ3v) is 3.34. The van der Waals surface area contributed by atoms with Gasteiger partial charge in [-0.15, -0.1) is 10.2 Å². The van der Waals surface area contributed by atoms with Crippen LogP contribution in [-0.4, -0.2) is 35.5 Å². The predicted octanol–water partition coefficient (Wildman–Crippen LogP) is 0.387. The number of imidazole rings is 1. The number of nitrogens with one attached hydrogen (secondary N) is 2. The summed E-state index contributed by atoms with van der Waals surface area (Å²) in [5.41, 5.74) is 7.07. The van der Waals surface area contributed by atoms with Crippen LogP contribution in [0.3, 0.4) is 0 Å². The van der Waals surface area contributed by atoms with Crippen molar-refractivity contribution in [1.29, 1.82) is 0 Å². The van der Waals surface area contributed by atoms with Crippen molar-refractivity contribution < 1.29 is 9.46 Å². The quantitative estimate of drug-likeness (QED) is 0.507. The second-order valence-corrected chi connectivity index (χ2v) is 5.88. The molecule has 0 spiro atoms. The van der Waals surface area contributed by atoms with Crippen molar-refractivity contribution in [3.05, 3.63) is 23.8 Å². The molecule has 2 aromatic heterocycles. The van der Waals surface area contributed by atoms with Gasteiger partial charge >= 0.3 is 0 Å². The fraction of sp³-hybridized carbons (Fsp3) is 0.111. The monoisotopic (exact) mass is 279 g/mol. The molecule has 3 aromatic rings. The largest absolute Gasteiger partial charge is 0.335 e. The van der Waals surface area contributed by atoms with Crippen LogP contribution >= 0.6 is 7.52 Å². The zero-order valence-electron chi connectivity index (χ0n) is 9.61. The first-order valence-corrected chi connectivity index (χ1v) is 7.26. The Morgan fingerprint density at radius 3 is 2.95 bits per heavy atom. The summed E-state index contributed by atoms with van der Waals surface area (Å²) in [5, 5.41) is 13.4. The molecule has 0 saturated heterocycles. The number of para-hydroxylation sites is 1. The molecular weight excluding hydrogens is 269 g/mol. The molecule has 0 aliphatic heterocycles. The van der Waals surface area contributed by atoms with E-state index in [4.69, 9.17) is 5.50 Å². The standard InChI is InChI=1S/C9H10N7O2P/c10-19(17,18)4-5-2-1-3-6-7(5)12-8(11-6)9-13-15-16-14-9/h1-3H,4H2,(H,11,12)(H3,10,17,18)(H,13,14,15,16). The number of benzene rings is 1. The minimum absolute atomic E-state index is 0.138. The molecule has 0 aliphatic rings. The molecule has 3 rings (SSSR count). The van der Waals surface area contributed by atoms with Gasteiger partial charge in [-0.25, -0.2) is 4.98 Å². The molecule has 0 saturated carbocycles. The number of hydrogen-bond acceptors (Lipinski definition) is 5. The fourth-order valence-electron chi connectivity index (χ4n) is 1.83. The number of nitrogens with two attached hydrogens (primary N) is 1. The molecule has 0 radical (unpaired) electrons. The van der Waals surface area contributed by atoms with E-state index >= 15 is 0 Å². The number of aromatic amines is 2. The van der Waals surface area contributed by atoms with Crippen LogP contribution < -0.4 is 5.50 Å². The van der Waals surface area contributed by atoms with Gasteiger partial charge in [-0.05, 0) is 16.8 Å². The number of nitrogens with zero attached hydrogens (tertiary/aromatic N) is 4. The molecule has 10 heteroatoms. The van der Waals surface area contributed by atoms with Crippen molar-refractivity contribution in [1.82, 2.24) is 30.6 Å². The predicted molar refractivity (Wildman–Crippen MR) is 67.0 cm³/mol. The second kappa shape index (κ2) is 4.23. The molecule has 5 N–H and O–H groups in total. The maximum Gasteiger partial charge on any atom is 0.269 e. The molecule has 9 nitrogen and oxygen atoms in total. The van der Waals surface area contributed by atoms with E-state index in [1.165, 1.54) is 0 Å². The Bertz CT molecular complexity index is 760. The highest BCUT2D eigenvalue weighted by Gasteiger charge is 2.17. The lowest BCUT2D eigenvalue weighted by Crippen LogP contribution is -1.97. The van der Waals surface area contributed by atoms with E-state index in [2.05, 4.69) is 30.6 Å². The van der Waals surface area contributed by atoms with E-state index in [9.17, 15) is 9.46 Å². The highest BCUT2D eigenvalue weighted by molar-refractivity contribution is 7.54. The van der Waals surface area contributed by atoms with Crippen molar-refractivity contribution in [2.75, 3.05) is 0 Å². The lowest BCUT2D eigenvalue weighted by Gasteiger charge is -2.05. The Balaban J connectivity index is 2.13. The summed E-state index contributed by atoms with van der Waals surface area (Å²) in [6, 6.07) is 5.26. The van der Waals surface area contributed by atoms with Crippen LogP contribution in [0.15, 0.2) is 18.2 Å². The van der Waals surface area contributed by atoms with E-state index in [0.29, 0.717) is 28.2 Å². The number of rotatable bonds is 3. The SMILES string of the molecule is NP(=O)(O)Cc1cccc2[nH]c(-c3nn[nH]n3)nc12. The summed E-state index contributed by atoms with van der Waals surface area (Å²) in [6.07, 6.45) is -0.138. The van der Waals surface area contributed by atoms with Gasteiger partial charge in [-0.1, -0.05) is 12.1 Å². The Kier molecular flexibility index (Phi) is 2.67. The fourth-order valence-corrected chi connectivity index (χ4v) is 2.57. The average Bonchev–Trinajstić information content (AvgIpc) is 2.95. The first-order chi connectivity index (χ1) is 9.03. The first kappa shape index (κ1) is 12.0. The summed E-state index contributed by atoms with van der Waals surface area (Å²) in [4.78, 5) is 16.6. The van der Waals surface area contributed by atoms with Crippen LogP contribution in [0.2, 0.25) is 0 Å². The highest BCUT2D eigenvalue weighted by atomic mass is 31.2. The molecule has 0 aliphatic carbocycles. The Morgan fingerprint density at radius 2 is 2.26 bits per heavy atom. The van der Waals surface area contributed by atoms with Gasteiger partial charge in [0.15, 0.2) is 5.82 Å². The topological polar surface area (TPSA) is 146 Å². The minimum atomic E-state index is -3.65. The van der Waals surface area contributed by atoms with Gasteiger partial charge in [0, 0.05) is 0 Å². The highest BCUT2D eigenvalue weighted by Crippen LogP contribution is 2.37. The van der Waals surface area contributed by atoms with Crippen LogP contribution in [0, 0.1) is 0 Å². The van der Waals surface area contributed by atoms with Crippen molar-refractivity contribution in [3.8, 4) is 11.6 Å². The number of aromatic nitrogens is 6. The summed E-state index contributed by atoms with van der Waals surface area (Å²) >= 11 is 0. The van der Waals surface area contributed by atoms with Gasteiger partial charge in [0.25, 0.3) is 7.52 Å². The number of tetrazole rings is 1. The van der Waals surface area contributed by atoms with E-state index in [0.717, 1.165) is 0 Å². The van der Waals surface area contributed by atoms with Gasteiger partial charge in [0.05, 0.1) is 17.2 Å². The maximum absolute atomic E-state index is 11.3. The molecule has 98 valence electrons. The average molecular weight is 279 g/mol. The van der Waals surface area contributed by atoms with Crippen molar-refractivity contribution in [2.24, 2.45) is 5.50 Å². The minimum Gasteiger partial charge on any atom is -0.335 e. The maximum atomic E-state index is 11.3. The summed E-state index contributed by atoms with van der Waals surface area (Å²) in [7, 11) is -3.65. The van der Waals surface area contributed by atoms with Crippen LogP contribution in [0.5, 0.6) is 0 Å². The lowest BCUT2D eigenvalue weighted by atomic mass is 10.2. The van der Waals surface area contributed by atoms with Gasteiger partial charge in [-0.2, -0.15) is 5.21 Å². The van der Waals surface area contributed by atoms with E-state index < -0.39 is 7.52 Å². The van der Waals surface area contributed by atoms with Crippen LogP contribution in [0.4, 0.5) is 0 Å². The van der Waals surface area contributed by atoms with Crippen LogP contribution in [-0.2, 0) is 10.7 Å². The van der Waals surface area contributed by atoms with E-state index in [1.807, 2.05) is 0 Å². The smallest absolute Gasteiger partial charge is 0.269 e. The summed E-state index contributed by atoms with van der Waals surface area (Å²) < 4.78 is 11.3. The zero-order chi connectivity index (χ0) is 13.5. The number of fused-ring (bicyclic) bond motifs is 1. The molecule has 1 unspecified atom stereocenters. The second-order valence-electron chi connectivity index (χ2n) is 4.05. The molecule has 1 aromatic carbocycles. The van der Waals surface area contributed by atoms with E-state index in [1.54, 1.807) is 18.2 Å². The van der Waals surface area contributed by atoms with Crippen LogP contribution in [0.25, 0.3) is 22.7 Å².